The van der Waals surface area contributed by atoms with Crippen molar-refractivity contribution in [3.05, 3.63) is 119 Å². The van der Waals surface area contributed by atoms with Crippen LogP contribution in [0.15, 0.2) is 113 Å². The summed E-state index contributed by atoms with van der Waals surface area (Å²) in [6, 6.07) is 33.1. The number of nitrogens with one attached hydrogen (secondary N) is 1. The summed E-state index contributed by atoms with van der Waals surface area (Å²) in [5.74, 6) is 1.89. The molecule has 0 atom stereocenters. The molecule has 0 fully saturated rings. The Balaban J connectivity index is 1.33. The lowest BCUT2D eigenvalue weighted by molar-refractivity contribution is 0.102. The Hall–Kier alpha value is -3.88. The number of para-hydroxylation sites is 3. The molecule has 37 heavy (non-hydrogen) atoms. The van der Waals surface area contributed by atoms with Gasteiger partial charge in [0.25, 0.3) is 5.91 Å². The molecular weight excluding hydrogens is 548 g/mol. The van der Waals surface area contributed by atoms with E-state index in [0.29, 0.717) is 22.8 Å². The van der Waals surface area contributed by atoms with Crippen molar-refractivity contribution < 1.29 is 9.53 Å². The van der Waals surface area contributed by atoms with Gasteiger partial charge in [0.05, 0.1) is 12.8 Å². The van der Waals surface area contributed by atoms with E-state index in [0.717, 1.165) is 32.3 Å². The Labute approximate surface area is 227 Å². The number of nitrogens with zero attached hydrogens (tertiary/aromatic N) is 3. The minimum atomic E-state index is -0.188. The maximum Gasteiger partial charge on any atom is 0.255 e. The molecule has 5 aromatic rings. The van der Waals surface area contributed by atoms with E-state index in [1.165, 1.54) is 0 Å². The van der Waals surface area contributed by atoms with Crippen molar-refractivity contribution >= 4 is 39.3 Å². The summed E-state index contributed by atoms with van der Waals surface area (Å²) in [7, 11) is 1.58. The second-order valence-electron chi connectivity index (χ2n) is 8.12. The second kappa shape index (κ2) is 11.5. The summed E-state index contributed by atoms with van der Waals surface area (Å²) in [6.07, 6.45) is 0. The topological polar surface area (TPSA) is 69.0 Å². The van der Waals surface area contributed by atoms with E-state index in [4.69, 9.17) is 4.74 Å². The van der Waals surface area contributed by atoms with Gasteiger partial charge in [0, 0.05) is 27.0 Å². The Morgan fingerprint density at radius 3 is 2.32 bits per heavy atom. The van der Waals surface area contributed by atoms with Gasteiger partial charge >= 0.3 is 0 Å². The van der Waals surface area contributed by atoms with E-state index in [-0.39, 0.29) is 5.91 Å². The van der Waals surface area contributed by atoms with Crippen molar-refractivity contribution in [3.8, 4) is 22.8 Å². The third-order valence-electron chi connectivity index (χ3n) is 5.69. The smallest absolute Gasteiger partial charge is 0.255 e. The maximum absolute atomic E-state index is 12.7. The van der Waals surface area contributed by atoms with Crippen molar-refractivity contribution in [1.29, 1.82) is 0 Å². The number of ether oxygens (including phenoxy) is 1. The van der Waals surface area contributed by atoms with Gasteiger partial charge in [-0.05, 0) is 54.1 Å². The molecule has 184 valence electrons. The third-order valence-corrected chi connectivity index (χ3v) is 7.22. The minimum Gasteiger partial charge on any atom is -0.495 e. The lowest BCUT2D eigenvalue weighted by Gasteiger charge is -2.11. The lowest BCUT2D eigenvalue weighted by Crippen LogP contribution is -2.12. The molecule has 1 aromatic heterocycles. The van der Waals surface area contributed by atoms with Crippen LogP contribution in [0.4, 0.5) is 5.69 Å². The van der Waals surface area contributed by atoms with Gasteiger partial charge in [-0.1, -0.05) is 82.3 Å². The molecule has 4 aromatic carbocycles. The standard InChI is InChI=1S/C29H23BrN4O2S/c1-36-26-10-6-5-9-25(26)31-28(35)22-13-11-20(12-14-22)19-37-29-33-32-27(21-15-17-23(30)18-16-21)34(29)24-7-3-2-4-8-24/h2-18H,19H2,1H3,(H,31,35). The molecule has 0 aliphatic rings. The van der Waals surface area contributed by atoms with Crippen molar-refractivity contribution in [2.45, 2.75) is 10.9 Å². The third kappa shape index (κ3) is 5.76. The van der Waals surface area contributed by atoms with Crippen molar-refractivity contribution in [3.63, 3.8) is 0 Å². The fourth-order valence-electron chi connectivity index (χ4n) is 3.80. The highest BCUT2D eigenvalue weighted by Crippen LogP contribution is 2.30. The summed E-state index contributed by atoms with van der Waals surface area (Å²) >= 11 is 5.10. The fourth-order valence-corrected chi connectivity index (χ4v) is 4.97. The highest BCUT2D eigenvalue weighted by Gasteiger charge is 2.16. The number of halogens is 1. The SMILES string of the molecule is COc1ccccc1NC(=O)c1ccc(CSc2nnc(-c3ccc(Br)cc3)n2-c2ccccc2)cc1. The van der Waals surface area contributed by atoms with Crippen LogP contribution in [-0.2, 0) is 5.75 Å². The van der Waals surface area contributed by atoms with Crippen LogP contribution in [-0.4, -0.2) is 27.8 Å². The lowest BCUT2D eigenvalue weighted by atomic mass is 10.1. The number of thioether (sulfide) groups is 1. The number of methoxy groups -OCH3 is 1. The molecule has 0 radical (unpaired) electrons. The average Bonchev–Trinajstić information content (AvgIpc) is 3.37. The van der Waals surface area contributed by atoms with E-state index < -0.39 is 0 Å². The van der Waals surface area contributed by atoms with Gasteiger partial charge in [-0.15, -0.1) is 10.2 Å². The van der Waals surface area contributed by atoms with E-state index in [1.807, 2.05) is 103 Å². The predicted molar refractivity (Wildman–Crippen MR) is 151 cm³/mol. The Kier molecular flexibility index (Phi) is 7.67. The number of carbonyl (C=O) groups excluding carboxylic acids is 1. The first-order chi connectivity index (χ1) is 18.1. The molecule has 1 heterocycles. The minimum absolute atomic E-state index is 0.188. The number of hydrogen-bond acceptors (Lipinski definition) is 5. The van der Waals surface area contributed by atoms with Crippen LogP contribution in [0.25, 0.3) is 17.1 Å². The Morgan fingerprint density at radius 2 is 1.59 bits per heavy atom. The van der Waals surface area contributed by atoms with Crippen LogP contribution < -0.4 is 10.1 Å². The van der Waals surface area contributed by atoms with E-state index >= 15 is 0 Å². The first kappa shape index (κ1) is 24.8. The van der Waals surface area contributed by atoms with Gasteiger partial charge in [-0.25, -0.2) is 0 Å². The van der Waals surface area contributed by atoms with Crippen LogP contribution in [0.5, 0.6) is 5.75 Å². The molecule has 5 rings (SSSR count). The molecule has 0 unspecified atom stereocenters. The number of carbonyl (C=O) groups is 1. The zero-order chi connectivity index (χ0) is 25.6. The average molecular weight is 572 g/mol. The molecule has 1 N–H and O–H groups in total. The highest BCUT2D eigenvalue weighted by molar-refractivity contribution is 9.10. The molecule has 0 aliphatic heterocycles. The second-order valence-corrected chi connectivity index (χ2v) is 9.98. The Morgan fingerprint density at radius 1 is 0.892 bits per heavy atom. The van der Waals surface area contributed by atoms with Crippen LogP contribution >= 0.6 is 27.7 Å². The van der Waals surface area contributed by atoms with Gasteiger partial charge in [-0.3, -0.25) is 9.36 Å². The van der Waals surface area contributed by atoms with Gasteiger partial charge in [0.2, 0.25) is 0 Å². The maximum atomic E-state index is 12.7. The van der Waals surface area contributed by atoms with Crippen LogP contribution in [0.1, 0.15) is 15.9 Å². The number of hydrogen-bond donors (Lipinski definition) is 1. The molecule has 8 heteroatoms. The first-order valence-corrected chi connectivity index (χ1v) is 13.3. The summed E-state index contributed by atoms with van der Waals surface area (Å²) in [6.45, 7) is 0. The van der Waals surface area contributed by atoms with Gasteiger partial charge in [-0.2, -0.15) is 0 Å². The summed E-state index contributed by atoms with van der Waals surface area (Å²) < 4.78 is 8.40. The number of anilines is 1. The van der Waals surface area contributed by atoms with Crippen molar-refractivity contribution in [2.75, 3.05) is 12.4 Å². The molecule has 0 saturated heterocycles. The zero-order valence-corrected chi connectivity index (χ0v) is 22.4. The van der Waals surface area contributed by atoms with Crippen LogP contribution in [0.3, 0.4) is 0 Å². The molecule has 0 aliphatic carbocycles. The van der Waals surface area contributed by atoms with Gasteiger partial charge < -0.3 is 10.1 Å². The number of amides is 1. The molecule has 6 nitrogen and oxygen atoms in total. The van der Waals surface area contributed by atoms with E-state index in [9.17, 15) is 4.79 Å². The zero-order valence-electron chi connectivity index (χ0n) is 20.0. The molecule has 1 amide bonds. The largest absolute Gasteiger partial charge is 0.495 e. The van der Waals surface area contributed by atoms with Crippen LogP contribution in [0, 0.1) is 0 Å². The highest BCUT2D eigenvalue weighted by atomic mass is 79.9. The van der Waals surface area contributed by atoms with Crippen molar-refractivity contribution in [1.82, 2.24) is 14.8 Å². The normalized spacial score (nSPS) is 10.8. The van der Waals surface area contributed by atoms with Crippen molar-refractivity contribution in [2.24, 2.45) is 0 Å². The molecular formula is C29H23BrN4O2S. The monoisotopic (exact) mass is 570 g/mol. The molecule has 0 spiro atoms. The summed E-state index contributed by atoms with van der Waals surface area (Å²) in [5, 5.41) is 12.7. The summed E-state index contributed by atoms with van der Waals surface area (Å²) in [5.41, 5.74) is 4.26. The summed E-state index contributed by atoms with van der Waals surface area (Å²) in [4.78, 5) is 12.7. The number of rotatable bonds is 8. The molecule has 0 saturated carbocycles. The molecule has 0 bridgehead atoms. The Bertz CT molecular complexity index is 1500. The number of aromatic nitrogens is 3. The van der Waals surface area contributed by atoms with Gasteiger partial charge in [0.15, 0.2) is 11.0 Å². The van der Waals surface area contributed by atoms with E-state index in [1.54, 1.807) is 18.9 Å². The predicted octanol–water partition coefficient (Wildman–Crippen LogP) is 7.25. The first-order valence-electron chi connectivity index (χ1n) is 11.6. The fraction of sp³-hybridized carbons (Fsp3) is 0.0690. The van der Waals surface area contributed by atoms with E-state index in [2.05, 4.69) is 36.0 Å². The number of benzene rings is 4. The van der Waals surface area contributed by atoms with Gasteiger partial charge in [0.1, 0.15) is 5.75 Å². The quantitative estimate of drug-likeness (QED) is 0.199. The van der Waals surface area contributed by atoms with Crippen LogP contribution in [0.2, 0.25) is 0 Å².